The van der Waals surface area contributed by atoms with E-state index in [-0.39, 0.29) is 6.61 Å². The summed E-state index contributed by atoms with van der Waals surface area (Å²) in [7, 11) is 0. The van der Waals surface area contributed by atoms with Gasteiger partial charge < -0.3 is 5.11 Å². The lowest BCUT2D eigenvalue weighted by Crippen LogP contribution is -1.84. The highest BCUT2D eigenvalue weighted by atomic mass is 16.3. The summed E-state index contributed by atoms with van der Waals surface area (Å²) in [5.74, 6) is 0. The molecule has 0 amide bonds. The summed E-state index contributed by atoms with van der Waals surface area (Å²) < 4.78 is 0. The Morgan fingerprint density at radius 3 is 2.83 bits per heavy atom. The number of aliphatic hydroxyl groups is 1. The van der Waals surface area contributed by atoms with Gasteiger partial charge in [0.2, 0.25) is 0 Å². The summed E-state index contributed by atoms with van der Waals surface area (Å²) in [5.41, 5.74) is 0.962. The minimum atomic E-state index is 0.0925. The zero-order chi connectivity index (χ0) is 8.39. The molecule has 2 aromatic carbocycles. The Bertz CT molecular complexity index is 388. The first-order chi connectivity index (χ1) is 5.92. The van der Waals surface area contributed by atoms with E-state index in [1.807, 2.05) is 36.4 Å². The van der Waals surface area contributed by atoms with Crippen LogP contribution >= 0.6 is 0 Å². The number of benzene rings is 2. The summed E-state index contributed by atoms with van der Waals surface area (Å²) >= 11 is 0. The van der Waals surface area contributed by atoms with Crippen LogP contribution in [0.5, 0.6) is 0 Å². The Morgan fingerprint density at radius 1 is 1.17 bits per heavy atom. The van der Waals surface area contributed by atoms with Gasteiger partial charge in [-0.05, 0) is 22.4 Å². The molecule has 0 unspecified atom stereocenters. The van der Waals surface area contributed by atoms with Gasteiger partial charge in [-0.1, -0.05) is 36.4 Å². The van der Waals surface area contributed by atoms with E-state index in [2.05, 4.69) is 6.07 Å². The van der Waals surface area contributed by atoms with Crippen molar-refractivity contribution < 1.29 is 5.11 Å². The molecule has 1 nitrogen and oxygen atoms in total. The first kappa shape index (κ1) is 7.32. The molecule has 2 aromatic rings. The van der Waals surface area contributed by atoms with E-state index in [0.717, 1.165) is 16.3 Å². The Labute approximate surface area is 71.3 Å². The number of fused-ring (bicyclic) bond motifs is 1. The van der Waals surface area contributed by atoms with Crippen molar-refractivity contribution in [3.05, 3.63) is 48.0 Å². The Morgan fingerprint density at radius 2 is 2.00 bits per heavy atom. The zero-order valence-electron chi connectivity index (χ0n) is 6.62. The van der Waals surface area contributed by atoms with Crippen LogP contribution < -0.4 is 0 Å². The predicted octanol–water partition coefficient (Wildman–Crippen LogP) is 2.13. The van der Waals surface area contributed by atoms with Crippen LogP contribution in [0, 0.1) is 6.07 Å². The molecule has 0 aliphatic carbocycles. The summed E-state index contributed by atoms with van der Waals surface area (Å²) in [5, 5.41) is 11.2. The standard InChI is InChI=1S/C11H9O/c12-8-10-6-3-5-9-4-1-2-7-11(9)10/h1-4,6-7,12H,8H2. The second-order valence-corrected chi connectivity index (χ2v) is 2.71. The molecular weight excluding hydrogens is 148 g/mol. The lowest BCUT2D eigenvalue weighted by atomic mass is 10.1. The van der Waals surface area contributed by atoms with Crippen LogP contribution in [0.25, 0.3) is 10.8 Å². The Balaban J connectivity index is 2.79. The number of aliphatic hydroxyl groups excluding tert-OH is 1. The number of hydrogen-bond acceptors (Lipinski definition) is 1. The van der Waals surface area contributed by atoms with Crippen molar-refractivity contribution in [2.24, 2.45) is 0 Å². The van der Waals surface area contributed by atoms with E-state index >= 15 is 0 Å². The Hall–Kier alpha value is -1.34. The molecule has 12 heavy (non-hydrogen) atoms. The van der Waals surface area contributed by atoms with Crippen LogP contribution in [-0.4, -0.2) is 5.11 Å². The van der Waals surface area contributed by atoms with Gasteiger partial charge in [0, 0.05) is 0 Å². The monoisotopic (exact) mass is 157 g/mol. The molecule has 0 fully saturated rings. The molecule has 0 aliphatic heterocycles. The first-order valence-corrected chi connectivity index (χ1v) is 3.91. The molecule has 1 radical (unpaired) electrons. The molecule has 1 heteroatoms. The van der Waals surface area contributed by atoms with Crippen LogP contribution in [0.2, 0.25) is 0 Å². The van der Waals surface area contributed by atoms with E-state index in [0.29, 0.717) is 0 Å². The van der Waals surface area contributed by atoms with Crippen molar-refractivity contribution in [1.82, 2.24) is 0 Å². The van der Waals surface area contributed by atoms with Crippen molar-refractivity contribution in [1.29, 1.82) is 0 Å². The smallest absolute Gasteiger partial charge is 0.0687 e. The Kier molecular flexibility index (Phi) is 1.80. The van der Waals surface area contributed by atoms with Gasteiger partial charge in [0.25, 0.3) is 0 Å². The highest BCUT2D eigenvalue weighted by molar-refractivity contribution is 5.84. The molecule has 0 bridgehead atoms. The molecule has 59 valence electrons. The molecule has 0 saturated heterocycles. The fraction of sp³-hybridized carbons (Fsp3) is 0.0909. The van der Waals surface area contributed by atoms with Gasteiger partial charge in [-0.15, -0.1) is 0 Å². The summed E-state index contributed by atoms with van der Waals surface area (Å²) in [4.78, 5) is 0. The molecule has 0 spiro atoms. The van der Waals surface area contributed by atoms with Gasteiger partial charge in [0.1, 0.15) is 0 Å². The summed E-state index contributed by atoms with van der Waals surface area (Å²) in [6, 6.07) is 14.8. The number of hydrogen-bond donors (Lipinski definition) is 1. The van der Waals surface area contributed by atoms with Crippen molar-refractivity contribution in [2.45, 2.75) is 6.61 Å². The summed E-state index contributed by atoms with van der Waals surface area (Å²) in [6.45, 7) is 0.0925. The largest absolute Gasteiger partial charge is 0.392 e. The minimum Gasteiger partial charge on any atom is -0.392 e. The van der Waals surface area contributed by atoms with Gasteiger partial charge in [0.15, 0.2) is 0 Å². The maximum Gasteiger partial charge on any atom is 0.0687 e. The van der Waals surface area contributed by atoms with Crippen molar-refractivity contribution in [2.75, 3.05) is 0 Å². The third kappa shape index (κ3) is 1.08. The van der Waals surface area contributed by atoms with Crippen molar-refractivity contribution >= 4 is 10.8 Å². The second-order valence-electron chi connectivity index (χ2n) is 2.71. The van der Waals surface area contributed by atoms with E-state index in [1.54, 1.807) is 0 Å². The average Bonchev–Trinajstić information content (AvgIpc) is 2.17. The molecule has 1 N–H and O–H groups in total. The zero-order valence-corrected chi connectivity index (χ0v) is 6.62. The first-order valence-electron chi connectivity index (χ1n) is 3.91. The molecule has 0 heterocycles. The number of rotatable bonds is 1. The fourth-order valence-electron chi connectivity index (χ4n) is 1.35. The molecule has 0 aromatic heterocycles. The highest BCUT2D eigenvalue weighted by Crippen LogP contribution is 2.17. The maximum absolute atomic E-state index is 9.02. The lowest BCUT2D eigenvalue weighted by molar-refractivity contribution is 0.283. The molecule has 2 rings (SSSR count). The quantitative estimate of drug-likeness (QED) is 0.672. The predicted molar refractivity (Wildman–Crippen MR) is 48.7 cm³/mol. The third-order valence-electron chi connectivity index (χ3n) is 1.97. The summed E-state index contributed by atoms with van der Waals surface area (Å²) in [6.07, 6.45) is 0. The van der Waals surface area contributed by atoms with Crippen LogP contribution in [0.4, 0.5) is 0 Å². The fourth-order valence-corrected chi connectivity index (χ4v) is 1.35. The minimum absolute atomic E-state index is 0.0925. The van der Waals surface area contributed by atoms with Gasteiger partial charge in [-0.2, -0.15) is 0 Å². The van der Waals surface area contributed by atoms with Crippen molar-refractivity contribution in [3.63, 3.8) is 0 Å². The maximum atomic E-state index is 9.02. The van der Waals surface area contributed by atoms with Crippen molar-refractivity contribution in [3.8, 4) is 0 Å². The SMILES string of the molecule is OCc1cc[c]c2ccccc12. The van der Waals surface area contributed by atoms with E-state index in [4.69, 9.17) is 5.11 Å². The lowest BCUT2D eigenvalue weighted by Gasteiger charge is -2.01. The third-order valence-corrected chi connectivity index (χ3v) is 1.97. The average molecular weight is 157 g/mol. The van der Waals surface area contributed by atoms with Gasteiger partial charge >= 0.3 is 0 Å². The van der Waals surface area contributed by atoms with Crippen LogP contribution in [0.3, 0.4) is 0 Å². The molecule has 0 aliphatic rings. The molecule has 0 atom stereocenters. The molecular formula is C11H9O. The second kappa shape index (κ2) is 2.95. The van der Waals surface area contributed by atoms with Gasteiger partial charge in [-0.3, -0.25) is 0 Å². The normalized spacial score (nSPS) is 10.4. The van der Waals surface area contributed by atoms with Crippen LogP contribution in [0.1, 0.15) is 5.56 Å². The highest BCUT2D eigenvalue weighted by Gasteiger charge is 1.96. The van der Waals surface area contributed by atoms with E-state index in [9.17, 15) is 0 Å². The van der Waals surface area contributed by atoms with Gasteiger partial charge in [0.05, 0.1) is 6.61 Å². The van der Waals surface area contributed by atoms with E-state index < -0.39 is 0 Å². The molecule has 0 saturated carbocycles. The van der Waals surface area contributed by atoms with Gasteiger partial charge in [-0.25, -0.2) is 0 Å². The van der Waals surface area contributed by atoms with Crippen LogP contribution in [-0.2, 0) is 6.61 Å². The van der Waals surface area contributed by atoms with Crippen LogP contribution in [0.15, 0.2) is 36.4 Å². The van der Waals surface area contributed by atoms with E-state index in [1.165, 1.54) is 0 Å². The topological polar surface area (TPSA) is 20.2 Å².